The molecule has 1 fully saturated rings. The number of likely N-dealkylation sites (tertiary alicyclic amines) is 1. The Morgan fingerprint density at radius 3 is 2.30 bits per heavy atom. The van der Waals surface area contributed by atoms with Crippen LogP contribution in [0.3, 0.4) is 0 Å². The Morgan fingerprint density at radius 2 is 1.73 bits per heavy atom. The lowest BCUT2D eigenvalue weighted by molar-refractivity contribution is 0.0245. The number of carbonyl (C=O) groups is 1. The summed E-state index contributed by atoms with van der Waals surface area (Å²) in [6.45, 7) is 2.15. The molecule has 0 spiro atoms. The average molecular weight is 432 g/mol. The maximum Gasteiger partial charge on any atom is 0.179 e. The number of hydrogen-bond donors (Lipinski definition) is 1. The summed E-state index contributed by atoms with van der Waals surface area (Å²) in [5, 5.41) is 0.720. The standard InChI is InChI=1S/C24H31ClFN3O/c1-28(2)17-24(19-8-10-20(25)11-9-19)12-14-29(15-13-24)22(26)16-21(27)23(30)18-6-4-3-5-7-18/h3-11,21-22H,12-17,27H2,1-2H3. The lowest BCUT2D eigenvalue weighted by Gasteiger charge is -2.44. The zero-order valence-corrected chi connectivity index (χ0v) is 18.5. The van der Waals surface area contributed by atoms with Crippen molar-refractivity contribution in [3.05, 3.63) is 70.7 Å². The van der Waals surface area contributed by atoms with E-state index in [1.54, 1.807) is 24.3 Å². The summed E-state index contributed by atoms with van der Waals surface area (Å²) >= 11 is 6.08. The number of nitrogens with two attached hydrogens (primary N) is 1. The van der Waals surface area contributed by atoms with Gasteiger partial charge in [0.2, 0.25) is 0 Å². The molecule has 0 aromatic heterocycles. The van der Waals surface area contributed by atoms with Gasteiger partial charge in [-0.1, -0.05) is 54.1 Å². The van der Waals surface area contributed by atoms with Crippen molar-refractivity contribution >= 4 is 17.4 Å². The highest BCUT2D eigenvalue weighted by molar-refractivity contribution is 6.30. The number of benzene rings is 2. The Bertz CT molecular complexity index is 820. The summed E-state index contributed by atoms with van der Waals surface area (Å²) in [6.07, 6.45) is 0.467. The third kappa shape index (κ3) is 5.46. The van der Waals surface area contributed by atoms with Crippen LogP contribution in [0.1, 0.15) is 35.2 Å². The SMILES string of the molecule is CN(C)CC1(c2ccc(Cl)cc2)CCN(C(F)CC(N)C(=O)c2ccccc2)CC1. The van der Waals surface area contributed by atoms with Crippen molar-refractivity contribution in [1.82, 2.24) is 9.80 Å². The molecule has 2 atom stereocenters. The number of rotatable bonds is 8. The highest BCUT2D eigenvalue weighted by atomic mass is 35.5. The van der Waals surface area contributed by atoms with E-state index in [1.165, 1.54) is 5.56 Å². The Balaban J connectivity index is 1.63. The van der Waals surface area contributed by atoms with Gasteiger partial charge in [-0.2, -0.15) is 0 Å². The van der Waals surface area contributed by atoms with Gasteiger partial charge in [0.1, 0.15) is 0 Å². The molecule has 2 aromatic rings. The van der Waals surface area contributed by atoms with Crippen LogP contribution in [0.2, 0.25) is 5.02 Å². The van der Waals surface area contributed by atoms with Crippen molar-refractivity contribution in [3.63, 3.8) is 0 Å². The molecule has 0 saturated carbocycles. The number of halogens is 2. The first-order valence-electron chi connectivity index (χ1n) is 10.4. The second kappa shape index (κ2) is 10.0. The monoisotopic (exact) mass is 431 g/mol. The zero-order chi connectivity index (χ0) is 21.7. The van der Waals surface area contributed by atoms with Crippen LogP contribution in [0.5, 0.6) is 0 Å². The fourth-order valence-corrected chi connectivity index (χ4v) is 4.59. The van der Waals surface area contributed by atoms with Gasteiger partial charge in [-0.25, -0.2) is 4.39 Å². The largest absolute Gasteiger partial charge is 0.321 e. The van der Waals surface area contributed by atoms with E-state index in [9.17, 15) is 4.79 Å². The first kappa shape index (κ1) is 22.9. The van der Waals surface area contributed by atoms with Gasteiger partial charge in [0.05, 0.1) is 6.04 Å². The van der Waals surface area contributed by atoms with Crippen molar-refractivity contribution < 1.29 is 9.18 Å². The molecular weight excluding hydrogens is 401 g/mol. The van der Waals surface area contributed by atoms with Crippen LogP contribution in [0.4, 0.5) is 4.39 Å². The number of nitrogens with zero attached hydrogens (tertiary/aromatic N) is 2. The van der Waals surface area contributed by atoms with Gasteiger partial charge >= 0.3 is 0 Å². The Kier molecular flexibility index (Phi) is 7.64. The molecule has 162 valence electrons. The molecule has 4 nitrogen and oxygen atoms in total. The van der Waals surface area contributed by atoms with Gasteiger partial charge in [-0.05, 0) is 44.6 Å². The van der Waals surface area contributed by atoms with Crippen molar-refractivity contribution in [2.24, 2.45) is 5.73 Å². The fourth-order valence-electron chi connectivity index (χ4n) is 4.46. The molecule has 3 rings (SSSR count). The predicted octanol–water partition coefficient (Wildman–Crippen LogP) is 4.13. The Morgan fingerprint density at radius 1 is 1.13 bits per heavy atom. The second-order valence-electron chi connectivity index (χ2n) is 8.57. The molecule has 6 heteroatoms. The smallest absolute Gasteiger partial charge is 0.179 e. The third-order valence-corrected chi connectivity index (χ3v) is 6.32. The van der Waals surface area contributed by atoms with Gasteiger partial charge in [0.15, 0.2) is 12.1 Å². The predicted molar refractivity (Wildman–Crippen MR) is 121 cm³/mol. The quantitative estimate of drug-likeness (QED) is 0.504. The number of carbonyl (C=O) groups excluding carboxylic acids is 1. The first-order chi connectivity index (χ1) is 14.3. The lowest BCUT2D eigenvalue weighted by atomic mass is 9.72. The fraction of sp³-hybridized carbons (Fsp3) is 0.458. The molecule has 2 aromatic carbocycles. The summed E-state index contributed by atoms with van der Waals surface area (Å²) in [4.78, 5) is 16.5. The minimum Gasteiger partial charge on any atom is -0.321 e. The minimum atomic E-state index is -1.23. The molecule has 2 N–H and O–H groups in total. The molecule has 0 amide bonds. The molecule has 2 unspecified atom stereocenters. The van der Waals surface area contributed by atoms with Crippen LogP contribution >= 0.6 is 11.6 Å². The van der Waals surface area contributed by atoms with Crippen LogP contribution in [0, 0.1) is 0 Å². The number of hydrogen-bond acceptors (Lipinski definition) is 4. The van der Waals surface area contributed by atoms with E-state index in [1.807, 2.05) is 23.1 Å². The number of alkyl halides is 1. The van der Waals surface area contributed by atoms with Gasteiger partial charge in [0.25, 0.3) is 0 Å². The molecule has 1 aliphatic heterocycles. The summed E-state index contributed by atoms with van der Waals surface area (Å²) < 4.78 is 15.1. The molecule has 1 aliphatic rings. The molecular formula is C24H31ClFN3O. The van der Waals surface area contributed by atoms with Gasteiger partial charge < -0.3 is 10.6 Å². The van der Waals surface area contributed by atoms with Crippen LogP contribution < -0.4 is 5.73 Å². The van der Waals surface area contributed by atoms with Crippen molar-refractivity contribution in [3.8, 4) is 0 Å². The summed E-state index contributed by atoms with van der Waals surface area (Å²) in [5.41, 5.74) is 7.78. The molecule has 1 heterocycles. The highest BCUT2D eigenvalue weighted by Gasteiger charge is 2.39. The Hall–Kier alpha value is -1.79. The van der Waals surface area contributed by atoms with Gasteiger partial charge in [-0.3, -0.25) is 9.69 Å². The van der Waals surface area contributed by atoms with E-state index in [0.29, 0.717) is 18.7 Å². The minimum absolute atomic E-state index is 0.00928. The average Bonchev–Trinajstić information content (AvgIpc) is 2.74. The first-order valence-corrected chi connectivity index (χ1v) is 10.8. The number of likely N-dealkylation sites (N-methyl/N-ethyl adjacent to an activating group) is 1. The number of ketones is 1. The maximum atomic E-state index is 15.1. The van der Waals surface area contributed by atoms with E-state index in [-0.39, 0.29) is 17.6 Å². The molecule has 0 aliphatic carbocycles. The van der Waals surface area contributed by atoms with E-state index in [0.717, 1.165) is 24.4 Å². The molecule has 0 bridgehead atoms. The van der Waals surface area contributed by atoms with Crippen LogP contribution in [0.25, 0.3) is 0 Å². The van der Waals surface area contributed by atoms with E-state index >= 15 is 4.39 Å². The summed E-state index contributed by atoms with van der Waals surface area (Å²) in [7, 11) is 4.13. The topological polar surface area (TPSA) is 49.6 Å². The summed E-state index contributed by atoms with van der Waals surface area (Å²) in [6, 6.07) is 16.0. The van der Waals surface area contributed by atoms with Gasteiger partial charge in [0, 0.05) is 42.1 Å². The normalized spacial score (nSPS) is 18.9. The number of Topliss-reactive ketones (excluding diaryl/α,β-unsaturated/α-hetero) is 1. The molecule has 0 radical (unpaired) electrons. The maximum absolute atomic E-state index is 15.1. The van der Waals surface area contributed by atoms with Crippen molar-refractivity contribution in [2.45, 2.75) is 37.0 Å². The van der Waals surface area contributed by atoms with Crippen molar-refractivity contribution in [1.29, 1.82) is 0 Å². The molecule has 1 saturated heterocycles. The van der Waals surface area contributed by atoms with E-state index < -0.39 is 12.3 Å². The van der Waals surface area contributed by atoms with Crippen LogP contribution in [-0.2, 0) is 5.41 Å². The van der Waals surface area contributed by atoms with Gasteiger partial charge in [-0.15, -0.1) is 0 Å². The van der Waals surface area contributed by atoms with E-state index in [4.69, 9.17) is 17.3 Å². The highest BCUT2D eigenvalue weighted by Crippen LogP contribution is 2.37. The van der Waals surface area contributed by atoms with Crippen LogP contribution in [0.15, 0.2) is 54.6 Å². The third-order valence-electron chi connectivity index (χ3n) is 6.07. The lowest BCUT2D eigenvalue weighted by Crippen LogP contribution is -2.50. The van der Waals surface area contributed by atoms with Crippen LogP contribution in [-0.4, -0.2) is 61.7 Å². The second-order valence-corrected chi connectivity index (χ2v) is 9.00. The van der Waals surface area contributed by atoms with Crippen molar-refractivity contribution in [2.75, 3.05) is 33.7 Å². The molecule has 30 heavy (non-hydrogen) atoms. The number of piperidine rings is 1. The zero-order valence-electron chi connectivity index (χ0n) is 17.7. The van der Waals surface area contributed by atoms with E-state index in [2.05, 4.69) is 31.1 Å². The summed E-state index contributed by atoms with van der Waals surface area (Å²) in [5.74, 6) is -0.210. The Labute approximate surface area is 183 Å².